The van der Waals surface area contributed by atoms with E-state index >= 15 is 0 Å². The quantitative estimate of drug-likeness (QED) is 0.658. The predicted molar refractivity (Wildman–Crippen MR) is 56.1 cm³/mol. The van der Waals surface area contributed by atoms with Crippen LogP contribution in [-0.4, -0.2) is 29.3 Å². The van der Waals surface area contributed by atoms with Crippen LogP contribution in [0.15, 0.2) is 12.5 Å². The summed E-state index contributed by atoms with van der Waals surface area (Å²) in [5.74, 6) is 0. The molecule has 0 unspecified atom stereocenters. The van der Waals surface area contributed by atoms with Crippen LogP contribution < -0.4 is 5.73 Å². The fourth-order valence-corrected chi connectivity index (χ4v) is 1.30. The van der Waals surface area contributed by atoms with Gasteiger partial charge >= 0.3 is 0 Å². The van der Waals surface area contributed by atoms with Crippen molar-refractivity contribution >= 4 is 0 Å². The molecule has 0 atom stereocenters. The van der Waals surface area contributed by atoms with E-state index < -0.39 is 0 Å². The number of aromatic nitrogens is 2. The van der Waals surface area contributed by atoms with Gasteiger partial charge in [-0.05, 0) is 19.9 Å². The zero-order valence-corrected chi connectivity index (χ0v) is 8.78. The zero-order valence-electron chi connectivity index (χ0n) is 8.78. The number of nitrogens with zero attached hydrogens (tertiary/aromatic N) is 2. The molecule has 0 fully saturated rings. The monoisotopic (exact) mass is 197 g/mol. The average Bonchev–Trinajstić information content (AvgIpc) is 2.61. The maximum Gasteiger partial charge on any atom is 0.0949 e. The van der Waals surface area contributed by atoms with Crippen LogP contribution in [0.25, 0.3) is 0 Å². The highest BCUT2D eigenvalue weighted by Gasteiger charge is 1.97. The second kappa shape index (κ2) is 6.56. The lowest BCUT2D eigenvalue weighted by Gasteiger charge is -2.01. The van der Waals surface area contributed by atoms with Crippen LogP contribution in [0.3, 0.4) is 0 Å². The number of hydrogen-bond donors (Lipinski definition) is 1. The van der Waals surface area contributed by atoms with Crippen LogP contribution in [0.1, 0.15) is 19.0 Å². The molecule has 0 bridgehead atoms. The van der Waals surface area contributed by atoms with Gasteiger partial charge in [-0.15, -0.1) is 0 Å². The van der Waals surface area contributed by atoms with E-state index in [1.807, 2.05) is 13.3 Å². The average molecular weight is 197 g/mol. The Labute approximate surface area is 85.1 Å². The van der Waals surface area contributed by atoms with Crippen molar-refractivity contribution in [2.75, 3.05) is 19.8 Å². The number of nitrogens with two attached hydrogens (primary N) is 1. The number of aryl methyl sites for hydroxylation is 1. The van der Waals surface area contributed by atoms with Crippen LogP contribution >= 0.6 is 0 Å². The highest BCUT2D eigenvalue weighted by molar-refractivity contribution is 4.96. The van der Waals surface area contributed by atoms with Crippen LogP contribution in [-0.2, 0) is 17.7 Å². The molecule has 1 aromatic rings. The van der Waals surface area contributed by atoms with Crippen molar-refractivity contribution in [2.45, 2.75) is 26.3 Å². The van der Waals surface area contributed by atoms with Gasteiger partial charge in [-0.25, -0.2) is 4.98 Å². The van der Waals surface area contributed by atoms with Crippen molar-refractivity contribution in [3.63, 3.8) is 0 Å². The molecule has 0 aliphatic rings. The zero-order chi connectivity index (χ0) is 10.2. The summed E-state index contributed by atoms with van der Waals surface area (Å²) in [6.07, 6.45) is 5.81. The first kappa shape index (κ1) is 11.2. The van der Waals surface area contributed by atoms with Crippen LogP contribution in [0.2, 0.25) is 0 Å². The van der Waals surface area contributed by atoms with Crippen LogP contribution in [0.5, 0.6) is 0 Å². The van der Waals surface area contributed by atoms with Gasteiger partial charge in [0.15, 0.2) is 0 Å². The lowest BCUT2D eigenvalue weighted by Crippen LogP contribution is -2.03. The molecule has 0 saturated heterocycles. The van der Waals surface area contributed by atoms with Gasteiger partial charge in [-0.1, -0.05) is 0 Å². The minimum Gasteiger partial charge on any atom is -0.382 e. The second-order valence-corrected chi connectivity index (χ2v) is 3.19. The van der Waals surface area contributed by atoms with Crippen molar-refractivity contribution < 1.29 is 4.74 Å². The predicted octanol–water partition coefficient (Wildman–Crippen LogP) is 0.811. The van der Waals surface area contributed by atoms with E-state index in [1.165, 1.54) is 0 Å². The van der Waals surface area contributed by atoms with E-state index in [9.17, 15) is 0 Å². The Balaban J connectivity index is 2.22. The van der Waals surface area contributed by atoms with Gasteiger partial charge in [-0.3, -0.25) is 0 Å². The van der Waals surface area contributed by atoms with E-state index in [1.54, 1.807) is 0 Å². The molecule has 1 heterocycles. The first-order valence-electron chi connectivity index (χ1n) is 5.15. The van der Waals surface area contributed by atoms with E-state index in [0.717, 1.165) is 38.3 Å². The van der Waals surface area contributed by atoms with E-state index in [-0.39, 0.29) is 0 Å². The minimum absolute atomic E-state index is 0.663. The molecule has 0 spiro atoms. The molecule has 2 N–H and O–H groups in total. The number of hydrogen-bond acceptors (Lipinski definition) is 3. The molecule has 0 aromatic carbocycles. The molecule has 4 heteroatoms. The summed E-state index contributed by atoms with van der Waals surface area (Å²) in [5, 5.41) is 0. The van der Waals surface area contributed by atoms with Crippen LogP contribution in [0.4, 0.5) is 0 Å². The van der Waals surface area contributed by atoms with Crippen molar-refractivity contribution in [1.29, 1.82) is 0 Å². The summed E-state index contributed by atoms with van der Waals surface area (Å²) < 4.78 is 7.34. The van der Waals surface area contributed by atoms with Crippen molar-refractivity contribution in [3.8, 4) is 0 Å². The van der Waals surface area contributed by atoms with E-state index in [0.29, 0.717) is 6.54 Å². The normalized spacial score (nSPS) is 10.7. The molecule has 1 aromatic heterocycles. The smallest absolute Gasteiger partial charge is 0.0949 e. The summed E-state index contributed by atoms with van der Waals surface area (Å²) in [6.45, 7) is 5.26. The molecular formula is C10H19N3O. The maximum absolute atomic E-state index is 5.44. The summed E-state index contributed by atoms with van der Waals surface area (Å²) in [5.41, 5.74) is 6.51. The highest BCUT2D eigenvalue weighted by Crippen LogP contribution is 1.98. The standard InChI is InChI=1S/C10H19N3O/c1-2-14-7-3-6-13-8-10(4-5-11)12-9-13/h8-9H,2-7,11H2,1H3. The van der Waals surface area contributed by atoms with E-state index in [4.69, 9.17) is 10.5 Å². The van der Waals surface area contributed by atoms with Gasteiger partial charge in [0.25, 0.3) is 0 Å². The first-order valence-corrected chi connectivity index (χ1v) is 5.15. The summed E-state index contributed by atoms with van der Waals surface area (Å²) in [7, 11) is 0. The lowest BCUT2D eigenvalue weighted by molar-refractivity contribution is 0.141. The summed E-state index contributed by atoms with van der Waals surface area (Å²) >= 11 is 0. The molecule has 0 aliphatic heterocycles. The molecule has 0 aliphatic carbocycles. The Hall–Kier alpha value is -0.870. The first-order chi connectivity index (χ1) is 6.86. The van der Waals surface area contributed by atoms with Gasteiger partial charge in [0.2, 0.25) is 0 Å². The Morgan fingerprint density at radius 2 is 2.43 bits per heavy atom. The summed E-state index contributed by atoms with van der Waals surface area (Å²) in [6, 6.07) is 0. The fourth-order valence-electron chi connectivity index (χ4n) is 1.30. The molecule has 14 heavy (non-hydrogen) atoms. The van der Waals surface area contributed by atoms with Crippen LogP contribution in [0, 0.1) is 0 Å². The second-order valence-electron chi connectivity index (χ2n) is 3.19. The molecule has 0 saturated carbocycles. The van der Waals surface area contributed by atoms with Gasteiger partial charge in [-0.2, -0.15) is 0 Å². The Morgan fingerprint density at radius 1 is 1.57 bits per heavy atom. The fraction of sp³-hybridized carbons (Fsp3) is 0.700. The molecule has 1 rings (SSSR count). The number of rotatable bonds is 7. The van der Waals surface area contributed by atoms with Gasteiger partial charge < -0.3 is 15.0 Å². The number of imidazole rings is 1. The van der Waals surface area contributed by atoms with E-state index in [2.05, 4.69) is 15.7 Å². The largest absolute Gasteiger partial charge is 0.382 e. The Kier molecular flexibility index (Phi) is 5.25. The topological polar surface area (TPSA) is 53.1 Å². The van der Waals surface area contributed by atoms with Gasteiger partial charge in [0.05, 0.1) is 12.0 Å². The minimum atomic E-state index is 0.663. The van der Waals surface area contributed by atoms with Crippen molar-refractivity contribution in [2.24, 2.45) is 5.73 Å². The molecule has 0 amide bonds. The summed E-state index contributed by atoms with van der Waals surface area (Å²) in [4.78, 5) is 4.25. The van der Waals surface area contributed by atoms with Gasteiger partial charge in [0, 0.05) is 32.4 Å². The highest BCUT2D eigenvalue weighted by atomic mass is 16.5. The third-order valence-corrected chi connectivity index (χ3v) is 2.00. The van der Waals surface area contributed by atoms with Crippen molar-refractivity contribution in [1.82, 2.24) is 9.55 Å². The Morgan fingerprint density at radius 3 is 3.14 bits per heavy atom. The van der Waals surface area contributed by atoms with Crippen molar-refractivity contribution in [3.05, 3.63) is 18.2 Å². The molecule has 80 valence electrons. The van der Waals surface area contributed by atoms with Gasteiger partial charge in [0.1, 0.15) is 0 Å². The molecular weight excluding hydrogens is 178 g/mol. The third-order valence-electron chi connectivity index (χ3n) is 2.00. The molecule has 0 radical (unpaired) electrons. The molecule has 4 nitrogen and oxygen atoms in total. The SMILES string of the molecule is CCOCCCn1cnc(CCN)c1. The number of ether oxygens (including phenoxy) is 1. The lowest BCUT2D eigenvalue weighted by atomic mass is 10.3. The third kappa shape index (κ3) is 3.89. The maximum atomic E-state index is 5.44. The Bertz CT molecular complexity index is 247.